The highest BCUT2D eigenvalue weighted by atomic mass is 16.3. The standard InChI is InChI=1S/C25H31N3O2/c26-18-4-6-19(7-5-18)28-24-21-13-17(16-1-8-20(30)9-2-16)3-10-23(21)27-14-22(24)25(15-29)11-12-25/h1,3,10,13-15,18-20,30H,2,4-9,11-12,26H2,(H,27,28)/t18-,19-,20?. The molecule has 4 N–H and O–H groups in total. The summed E-state index contributed by atoms with van der Waals surface area (Å²) < 4.78 is 0. The molecule has 5 heteroatoms. The molecule has 1 unspecified atom stereocenters. The first kappa shape index (κ1) is 19.7. The first-order valence-corrected chi connectivity index (χ1v) is 11.4. The number of fused-ring (bicyclic) bond motifs is 1. The van der Waals surface area contributed by atoms with E-state index in [2.05, 4.69) is 29.6 Å². The summed E-state index contributed by atoms with van der Waals surface area (Å²) in [4.78, 5) is 16.7. The second-order valence-electron chi connectivity index (χ2n) is 9.47. The zero-order chi connectivity index (χ0) is 20.7. The van der Waals surface area contributed by atoms with Gasteiger partial charge in [-0.2, -0.15) is 0 Å². The molecule has 3 aliphatic carbocycles. The van der Waals surface area contributed by atoms with E-state index in [9.17, 15) is 9.90 Å². The first-order valence-electron chi connectivity index (χ1n) is 11.4. The van der Waals surface area contributed by atoms with Crippen molar-refractivity contribution in [2.45, 2.75) is 81.4 Å². The number of nitrogens with one attached hydrogen (secondary N) is 1. The van der Waals surface area contributed by atoms with Crippen LogP contribution in [0.25, 0.3) is 16.5 Å². The molecule has 2 saturated carbocycles. The number of aliphatic hydroxyl groups excluding tert-OH is 1. The van der Waals surface area contributed by atoms with Gasteiger partial charge in [-0.05, 0) is 81.1 Å². The third-order valence-corrected chi connectivity index (χ3v) is 7.29. The number of nitrogens with zero attached hydrogens (tertiary/aromatic N) is 1. The Morgan fingerprint density at radius 3 is 2.63 bits per heavy atom. The molecule has 5 nitrogen and oxygen atoms in total. The van der Waals surface area contributed by atoms with Crippen LogP contribution < -0.4 is 11.1 Å². The average molecular weight is 406 g/mol. The van der Waals surface area contributed by atoms with Crippen molar-refractivity contribution in [1.29, 1.82) is 0 Å². The zero-order valence-electron chi connectivity index (χ0n) is 17.4. The van der Waals surface area contributed by atoms with Gasteiger partial charge in [-0.15, -0.1) is 0 Å². The number of benzene rings is 1. The number of pyridine rings is 1. The third kappa shape index (κ3) is 3.65. The van der Waals surface area contributed by atoms with E-state index >= 15 is 0 Å². The van der Waals surface area contributed by atoms with E-state index in [0.717, 1.165) is 79.8 Å². The normalized spacial score (nSPS) is 28.1. The Balaban J connectivity index is 1.58. The van der Waals surface area contributed by atoms with Crippen molar-refractivity contribution >= 4 is 28.4 Å². The number of hydrogen-bond donors (Lipinski definition) is 3. The summed E-state index contributed by atoms with van der Waals surface area (Å²) in [7, 11) is 0. The molecule has 0 aliphatic heterocycles. The summed E-state index contributed by atoms with van der Waals surface area (Å²) in [5.41, 5.74) is 11.3. The van der Waals surface area contributed by atoms with Gasteiger partial charge in [0.25, 0.3) is 0 Å². The number of carbonyl (C=O) groups is 1. The van der Waals surface area contributed by atoms with Crippen molar-refractivity contribution in [1.82, 2.24) is 4.98 Å². The SMILES string of the molecule is N[C@H]1CC[C@H](Nc2c(C3(C=O)CC3)cnc3ccc(C4=CCC(O)CC4)cc23)CC1. The highest BCUT2D eigenvalue weighted by Gasteiger charge is 2.46. The minimum atomic E-state index is -0.376. The molecule has 2 aromatic rings. The van der Waals surface area contributed by atoms with Crippen LogP contribution in [0, 0.1) is 0 Å². The lowest BCUT2D eigenvalue weighted by molar-refractivity contribution is -0.109. The van der Waals surface area contributed by atoms with E-state index in [0.29, 0.717) is 18.5 Å². The number of anilines is 1. The number of aldehydes is 1. The Kier molecular flexibility index (Phi) is 5.11. The van der Waals surface area contributed by atoms with Crippen molar-refractivity contribution in [2.24, 2.45) is 5.73 Å². The lowest BCUT2D eigenvalue weighted by Gasteiger charge is -2.30. The largest absolute Gasteiger partial charge is 0.393 e. The summed E-state index contributed by atoms with van der Waals surface area (Å²) in [5.74, 6) is 0. The number of rotatable bonds is 5. The lowest BCUT2D eigenvalue weighted by Crippen LogP contribution is -2.33. The number of carbonyl (C=O) groups excluding carboxylic acids is 1. The van der Waals surface area contributed by atoms with Gasteiger partial charge >= 0.3 is 0 Å². The van der Waals surface area contributed by atoms with Gasteiger partial charge in [-0.3, -0.25) is 4.98 Å². The number of aromatic nitrogens is 1. The number of nitrogens with two attached hydrogens (primary N) is 1. The lowest BCUT2D eigenvalue weighted by atomic mass is 9.88. The van der Waals surface area contributed by atoms with Crippen LogP contribution in [0.15, 0.2) is 30.5 Å². The van der Waals surface area contributed by atoms with Crippen molar-refractivity contribution in [3.8, 4) is 0 Å². The Hall–Kier alpha value is -2.24. The van der Waals surface area contributed by atoms with Gasteiger partial charge in [0.2, 0.25) is 0 Å². The Morgan fingerprint density at radius 1 is 1.17 bits per heavy atom. The summed E-state index contributed by atoms with van der Waals surface area (Å²) in [6.07, 6.45) is 13.4. The summed E-state index contributed by atoms with van der Waals surface area (Å²) in [6, 6.07) is 7.13. The molecule has 1 aromatic heterocycles. The predicted molar refractivity (Wildman–Crippen MR) is 120 cm³/mol. The highest BCUT2D eigenvalue weighted by molar-refractivity contribution is 5.97. The monoisotopic (exact) mass is 405 g/mol. The smallest absolute Gasteiger partial charge is 0.130 e. The van der Waals surface area contributed by atoms with Gasteiger partial charge < -0.3 is 21.0 Å². The molecule has 0 bridgehead atoms. The van der Waals surface area contributed by atoms with Crippen molar-refractivity contribution in [3.63, 3.8) is 0 Å². The summed E-state index contributed by atoms with van der Waals surface area (Å²) in [6.45, 7) is 0. The second kappa shape index (κ2) is 7.78. The van der Waals surface area contributed by atoms with Crippen LogP contribution in [0.5, 0.6) is 0 Å². The maximum atomic E-state index is 12.0. The molecule has 0 saturated heterocycles. The van der Waals surface area contributed by atoms with E-state index < -0.39 is 0 Å². The van der Waals surface area contributed by atoms with E-state index in [1.807, 2.05) is 6.20 Å². The molecule has 1 heterocycles. The van der Waals surface area contributed by atoms with E-state index in [4.69, 9.17) is 10.7 Å². The van der Waals surface area contributed by atoms with Crippen LogP contribution in [0.3, 0.4) is 0 Å². The quantitative estimate of drug-likeness (QED) is 0.653. The molecule has 2 fully saturated rings. The second-order valence-corrected chi connectivity index (χ2v) is 9.47. The molecule has 0 amide bonds. The molecule has 1 atom stereocenters. The number of hydrogen-bond acceptors (Lipinski definition) is 5. The van der Waals surface area contributed by atoms with E-state index in [1.54, 1.807) is 0 Å². The van der Waals surface area contributed by atoms with E-state index in [-0.39, 0.29) is 11.5 Å². The van der Waals surface area contributed by atoms with Crippen molar-refractivity contribution < 1.29 is 9.90 Å². The maximum Gasteiger partial charge on any atom is 0.130 e. The molecular formula is C25H31N3O2. The zero-order valence-corrected chi connectivity index (χ0v) is 17.4. The van der Waals surface area contributed by atoms with Gasteiger partial charge in [0.1, 0.15) is 6.29 Å². The van der Waals surface area contributed by atoms with Crippen molar-refractivity contribution in [2.75, 3.05) is 5.32 Å². The highest BCUT2D eigenvalue weighted by Crippen LogP contribution is 2.50. The van der Waals surface area contributed by atoms with Crippen LogP contribution in [0.4, 0.5) is 5.69 Å². The fourth-order valence-corrected chi connectivity index (χ4v) is 5.06. The topological polar surface area (TPSA) is 88.2 Å². The minimum absolute atomic E-state index is 0.223. The Morgan fingerprint density at radius 2 is 1.97 bits per heavy atom. The molecule has 1 aromatic carbocycles. The third-order valence-electron chi connectivity index (χ3n) is 7.29. The molecule has 0 radical (unpaired) electrons. The van der Waals surface area contributed by atoms with E-state index in [1.165, 1.54) is 11.1 Å². The van der Waals surface area contributed by atoms with Crippen LogP contribution in [-0.4, -0.2) is 34.6 Å². The molecule has 3 aliphatic rings. The van der Waals surface area contributed by atoms with Gasteiger partial charge in [-0.1, -0.05) is 12.1 Å². The van der Waals surface area contributed by atoms with Gasteiger partial charge in [0.15, 0.2) is 0 Å². The van der Waals surface area contributed by atoms with Crippen LogP contribution >= 0.6 is 0 Å². The summed E-state index contributed by atoms with van der Waals surface area (Å²) in [5, 5.41) is 14.8. The fourth-order valence-electron chi connectivity index (χ4n) is 5.06. The van der Waals surface area contributed by atoms with Crippen LogP contribution in [0.2, 0.25) is 0 Å². The predicted octanol–water partition coefficient (Wildman–Crippen LogP) is 4.08. The number of allylic oxidation sites excluding steroid dienone is 1. The molecule has 5 rings (SSSR count). The fraction of sp³-hybridized carbons (Fsp3) is 0.520. The van der Waals surface area contributed by atoms with Gasteiger partial charge in [-0.25, -0.2) is 0 Å². The molecule has 158 valence electrons. The first-order chi connectivity index (χ1) is 14.6. The van der Waals surface area contributed by atoms with Crippen molar-refractivity contribution in [3.05, 3.63) is 41.6 Å². The van der Waals surface area contributed by atoms with Gasteiger partial charge in [0, 0.05) is 34.9 Å². The Labute approximate surface area is 177 Å². The maximum absolute atomic E-state index is 12.0. The number of aliphatic hydroxyl groups is 1. The van der Waals surface area contributed by atoms with Gasteiger partial charge in [0.05, 0.1) is 17.0 Å². The molecule has 30 heavy (non-hydrogen) atoms. The summed E-state index contributed by atoms with van der Waals surface area (Å²) >= 11 is 0. The average Bonchev–Trinajstić information content (AvgIpc) is 3.57. The Bertz CT molecular complexity index is 987. The molecular weight excluding hydrogens is 374 g/mol. The van der Waals surface area contributed by atoms with Crippen LogP contribution in [0.1, 0.15) is 68.9 Å². The molecule has 0 spiro atoms. The van der Waals surface area contributed by atoms with Crippen LogP contribution in [-0.2, 0) is 10.2 Å². The minimum Gasteiger partial charge on any atom is -0.393 e.